The van der Waals surface area contributed by atoms with Crippen LogP contribution in [0.25, 0.3) is 0 Å². The second-order valence-corrected chi connectivity index (χ2v) is 6.31. The van der Waals surface area contributed by atoms with Crippen LogP contribution < -0.4 is 9.80 Å². The predicted octanol–water partition coefficient (Wildman–Crippen LogP) is 2.29. The number of nitro groups is 1. The molecule has 1 saturated heterocycles. The predicted molar refractivity (Wildman–Crippen MR) is 91.1 cm³/mol. The molecule has 2 aromatic rings. The number of nitro benzene ring substituents is 1. The number of non-ortho nitro benzene ring substituents is 1. The number of nitrogens with zero attached hydrogens (tertiary/aromatic N) is 2. The topological polar surface area (TPSA) is 50.8 Å². The van der Waals surface area contributed by atoms with E-state index in [0.717, 1.165) is 37.4 Å². The van der Waals surface area contributed by atoms with Crippen LogP contribution in [0.4, 0.5) is 15.8 Å². The van der Waals surface area contributed by atoms with Crippen molar-refractivity contribution in [2.24, 2.45) is 0 Å². The van der Waals surface area contributed by atoms with Gasteiger partial charge in [0.05, 0.1) is 41.8 Å². The van der Waals surface area contributed by atoms with Gasteiger partial charge in [-0.15, -0.1) is 0 Å². The number of piperazine rings is 1. The van der Waals surface area contributed by atoms with E-state index in [2.05, 4.69) is 4.90 Å². The van der Waals surface area contributed by atoms with Crippen molar-refractivity contribution in [3.8, 4) is 0 Å². The first-order chi connectivity index (χ1) is 11.5. The first kappa shape index (κ1) is 16.7. The highest BCUT2D eigenvalue weighted by molar-refractivity contribution is 6.33. The van der Waals surface area contributed by atoms with E-state index in [0.29, 0.717) is 11.6 Å². The standard InChI is InChI=1S/C17H17ClFN3O2/c18-15-11-14(22(23)24)5-6-17(15)21-9-7-20(8-10-21)12-13-3-1-2-4-16(13)19/h1-6,11H,7-10,12H2/p+1. The van der Waals surface area contributed by atoms with Gasteiger partial charge in [0.2, 0.25) is 0 Å². The van der Waals surface area contributed by atoms with E-state index in [1.165, 1.54) is 23.1 Å². The molecule has 0 aliphatic carbocycles. The molecule has 0 atom stereocenters. The van der Waals surface area contributed by atoms with Crippen molar-refractivity contribution in [1.82, 2.24) is 0 Å². The van der Waals surface area contributed by atoms with Gasteiger partial charge in [-0.3, -0.25) is 10.1 Å². The molecule has 0 saturated carbocycles. The van der Waals surface area contributed by atoms with Gasteiger partial charge in [-0.25, -0.2) is 4.39 Å². The van der Waals surface area contributed by atoms with Crippen molar-refractivity contribution in [2.75, 3.05) is 31.1 Å². The van der Waals surface area contributed by atoms with E-state index in [-0.39, 0.29) is 11.5 Å². The van der Waals surface area contributed by atoms with Gasteiger partial charge in [-0.05, 0) is 12.1 Å². The fourth-order valence-corrected chi connectivity index (χ4v) is 3.31. The summed E-state index contributed by atoms with van der Waals surface area (Å²) in [6.45, 7) is 3.94. The zero-order valence-corrected chi connectivity index (χ0v) is 13.8. The average Bonchev–Trinajstić information content (AvgIpc) is 2.58. The fraction of sp³-hybridized carbons (Fsp3) is 0.294. The summed E-state index contributed by atoms with van der Waals surface area (Å²) in [7, 11) is 0. The van der Waals surface area contributed by atoms with Crippen LogP contribution in [-0.2, 0) is 6.54 Å². The second kappa shape index (κ2) is 7.15. The number of rotatable bonds is 4. The van der Waals surface area contributed by atoms with Crippen LogP contribution in [0.5, 0.6) is 0 Å². The van der Waals surface area contributed by atoms with Crippen LogP contribution in [0.1, 0.15) is 5.56 Å². The molecule has 0 unspecified atom stereocenters. The smallest absolute Gasteiger partial charge is 0.271 e. The van der Waals surface area contributed by atoms with E-state index in [1.54, 1.807) is 12.1 Å². The Morgan fingerprint density at radius 2 is 1.92 bits per heavy atom. The molecule has 7 heteroatoms. The number of hydrogen-bond acceptors (Lipinski definition) is 3. The van der Waals surface area contributed by atoms with Crippen LogP contribution in [0.2, 0.25) is 5.02 Å². The minimum absolute atomic E-state index is 0.00689. The Kier molecular flexibility index (Phi) is 4.97. The van der Waals surface area contributed by atoms with Gasteiger partial charge in [-0.1, -0.05) is 29.8 Å². The third-order valence-electron chi connectivity index (χ3n) is 4.35. The van der Waals surface area contributed by atoms with Crippen LogP contribution in [-0.4, -0.2) is 31.1 Å². The maximum atomic E-state index is 13.7. The fourth-order valence-electron chi connectivity index (χ4n) is 3.02. The number of quaternary nitrogens is 1. The van der Waals surface area contributed by atoms with Crippen LogP contribution in [0.3, 0.4) is 0 Å². The van der Waals surface area contributed by atoms with E-state index in [4.69, 9.17) is 11.6 Å². The molecule has 0 radical (unpaired) electrons. The Morgan fingerprint density at radius 1 is 1.21 bits per heavy atom. The van der Waals surface area contributed by atoms with E-state index < -0.39 is 4.92 Å². The first-order valence-electron chi connectivity index (χ1n) is 7.80. The highest BCUT2D eigenvalue weighted by Gasteiger charge is 2.23. The third kappa shape index (κ3) is 3.66. The van der Waals surface area contributed by atoms with Crippen LogP contribution >= 0.6 is 11.6 Å². The average molecular weight is 351 g/mol. The van der Waals surface area contributed by atoms with Crippen LogP contribution in [0, 0.1) is 15.9 Å². The molecule has 0 amide bonds. The first-order valence-corrected chi connectivity index (χ1v) is 8.18. The summed E-state index contributed by atoms with van der Waals surface area (Å²) in [6.07, 6.45) is 0. The molecular weight excluding hydrogens is 333 g/mol. The number of halogens is 2. The van der Waals surface area contributed by atoms with Crippen molar-refractivity contribution >= 4 is 23.0 Å². The van der Waals surface area contributed by atoms with Gasteiger partial charge < -0.3 is 9.80 Å². The molecule has 1 fully saturated rings. The van der Waals surface area contributed by atoms with Gasteiger partial charge >= 0.3 is 0 Å². The Balaban J connectivity index is 1.63. The molecule has 0 aromatic heterocycles. The molecular formula is C17H18ClFN3O2+. The minimum Gasteiger partial charge on any atom is -0.359 e. The quantitative estimate of drug-likeness (QED) is 0.680. The summed E-state index contributed by atoms with van der Waals surface area (Å²) in [6, 6.07) is 11.4. The van der Waals surface area contributed by atoms with Gasteiger partial charge in [0.1, 0.15) is 12.4 Å². The van der Waals surface area contributed by atoms with Gasteiger partial charge in [0.25, 0.3) is 5.69 Å². The molecule has 5 nitrogen and oxygen atoms in total. The van der Waals surface area contributed by atoms with Gasteiger partial charge in [-0.2, -0.15) is 0 Å². The maximum absolute atomic E-state index is 13.7. The zero-order chi connectivity index (χ0) is 17.1. The van der Waals surface area contributed by atoms with E-state index >= 15 is 0 Å². The molecule has 1 aliphatic heterocycles. The molecule has 0 bridgehead atoms. The van der Waals surface area contributed by atoms with Crippen molar-refractivity contribution in [3.05, 3.63) is 69.0 Å². The highest BCUT2D eigenvalue weighted by atomic mass is 35.5. The Morgan fingerprint density at radius 3 is 2.54 bits per heavy atom. The molecule has 1 N–H and O–H groups in total. The number of benzene rings is 2. The normalized spacial score (nSPS) is 15.5. The Labute approximate surface area is 144 Å². The second-order valence-electron chi connectivity index (χ2n) is 5.90. The summed E-state index contributed by atoms with van der Waals surface area (Å²) in [5.41, 5.74) is 1.54. The lowest BCUT2D eigenvalue weighted by Crippen LogP contribution is -3.13. The number of nitrogens with one attached hydrogen (secondary N) is 1. The maximum Gasteiger partial charge on any atom is 0.271 e. The summed E-state index contributed by atoms with van der Waals surface area (Å²) < 4.78 is 13.7. The summed E-state index contributed by atoms with van der Waals surface area (Å²) >= 11 is 6.19. The Bertz CT molecular complexity index is 748. The summed E-state index contributed by atoms with van der Waals surface area (Å²) in [5.74, 6) is -0.161. The number of anilines is 1. The molecule has 24 heavy (non-hydrogen) atoms. The molecule has 126 valence electrons. The van der Waals surface area contributed by atoms with Crippen molar-refractivity contribution in [3.63, 3.8) is 0 Å². The molecule has 2 aromatic carbocycles. The van der Waals surface area contributed by atoms with Gasteiger partial charge in [0, 0.05) is 17.7 Å². The minimum atomic E-state index is -0.452. The van der Waals surface area contributed by atoms with Crippen LogP contribution in [0.15, 0.2) is 42.5 Å². The molecule has 0 spiro atoms. The summed E-state index contributed by atoms with van der Waals surface area (Å²) in [5, 5.41) is 11.2. The molecule has 1 aliphatic rings. The SMILES string of the molecule is O=[N+]([O-])c1ccc(N2CC[NH+](Cc3ccccc3F)CC2)c(Cl)c1. The molecule has 3 rings (SSSR count). The largest absolute Gasteiger partial charge is 0.359 e. The van der Waals surface area contributed by atoms with E-state index in [1.807, 2.05) is 12.1 Å². The highest BCUT2D eigenvalue weighted by Crippen LogP contribution is 2.29. The van der Waals surface area contributed by atoms with Crippen molar-refractivity contribution in [1.29, 1.82) is 0 Å². The Hall–Kier alpha value is -2.18. The van der Waals surface area contributed by atoms with Gasteiger partial charge in [0.15, 0.2) is 0 Å². The lowest BCUT2D eigenvalue weighted by Gasteiger charge is -2.34. The number of hydrogen-bond donors (Lipinski definition) is 1. The zero-order valence-electron chi connectivity index (χ0n) is 13.0. The van der Waals surface area contributed by atoms with Crippen molar-refractivity contribution in [2.45, 2.75) is 6.54 Å². The van der Waals surface area contributed by atoms with E-state index in [9.17, 15) is 14.5 Å². The van der Waals surface area contributed by atoms with Crippen molar-refractivity contribution < 1.29 is 14.2 Å². The lowest BCUT2D eigenvalue weighted by molar-refractivity contribution is -0.914. The third-order valence-corrected chi connectivity index (χ3v) is 4.65. The molecule has 1 heterocycles. The summed E-state index contributed by atoms with van der Waals surface area (Å²) in [4.78, 5) is 13.8. The lowest BCUT2D eigenvalue weighted by atomic mass is 10.1. The monoisotopic (exact) mass is 350 g/mol.